The molecule has 1 aromatic carbocycles. The second-order valence-corrected chi connectivity index (χ2v) is 6.96. The summed E-state index contributed by atoms with van der Waals surface area (Å²) in [7, 11) is 0.619. The summed E-state index contributed by atoms with van der Waals surface area (Å²) in [5, 5.41) is 2.83. The summed E-state index contributed by atoms with van der Waals surface area (Å²) in [4.78, 5) is 12.1. The van der Waals surface area contributed by atoms with Crippen LogP contribution >= 0.6 is 0 Å². The molecule has 6 heteroatoms. The number of methoxy groups -OCH3 is 1. The monoisotopic (exact) mass is 326 g/mol. The molecule has 3 unspecified atom stereocenters. The van der Waals surface area contributed by atoms with Crippen LogP contribution in [0.3, 0.4) is 0 Å². The van der Waals surface area contributed by atoms with E-state index in [1.165, 1.54) is 0 Å². The van der Waals surface area contributed by atoms with Gasteiger partial charge < -0.3 is 15.8 Å². The van der Waals surface area contributed by atoms with Crippen LogP contribution in [0.5, 0.6) is 0 Å². The summed E-state index contributed by atoms with van der Waals surface area (Å²) >= 11 is 0. The average molecular weight is 326 g/mol. The van der Waals surface area contributed by atoms with Crippen molar-refractivity contribution in [1.82, 2.24) is 0 Å². The Kier molecular flexibility index (Phi) is 8.30. The SMILES string of the molecule is CCC(C)C(N)C(=O)Nc1cccc(CS(=O)CCOC)c1. The van der Waals surface area contributed by atoms with Crippen LogP contribution in [0.4, 0.5) is 5.69 Å². The van der Waals surface area contributed by atoms with Crippen molar-refractivity contribution in [2.45, 2.75) is 32.1 Å². The third-order valence-corrected chi connectivity index (χ3v) is 4.87. The van der Waals surface area contributed by atoms with E-state index in [0.29, 0.717) is 23.8 Å². The second kappa shape index (κ2) is 9.71. The lowest BCUT2D eigenvalue weighted by molar-refractivity contribution is -0.118. The summed E-state index contributed by atoms with van der Waals surface area (Å²) < 4.78 is 16.8. The number of amides is 1. The van der Waals surface area contributed by atoms with Gasteiger partial charge in [0.1, 0.15) is 0 Å². The highest BCUT2D eigenvalue weighted by Gasteiger charge is 2.19. The van der Waals surface area contributed by atoms with Gasteiger partial charge in [-0.15, -0.1) is 0 Å². The van der Waals surface area contributed by atoms with Gasteiger partial charge in [-0.3, -0.25) is 9.00 Å². The van der Waals surface area contributed by atoms with E-state index in [4.69, 9.17) is 10.5 Å². The highest BCUT2D eigenvalue weighted by molar-refractivity contribution is 7.84. The van der Waals surface area contributed by atoms with Gasteiger partial charge in [-0.1, -0.05) is 32.4 Å². The Morgan fingerprint density at radius 1 is 1.45 bits per heavy atom. The van der Waals surface area contributed by atoms with Crippen LogP contribution in [0.2, 0.25) is 0 Å². The fraction of sp³-hybridized carbons (Fsp3) is 0.562. The minimum Gasteiger partial charge on any atom is -0.384 e. The standard InChI is InChI=1S/C16H26N2O3S/c1-4-12(2)15(17)16(19)18-14-7-5-6-13(10-14)11-22(20)9-8-21-3/h5-7,10,12,15H,4,8-9,11,17H2,1-3H3,(H,18,19). The van der Waals surface area contributed by atoms with Crippen LogP contribution in [0.1, 0.15) is 25.8 Å². The molecule has 0 heterocycles. The van der Waals surface area contributed by atoms with Crippen molar-refractivity contribution in [2.75, 3.05) is 24.8 Å². The molecule has 0 saturated heterocycles. The van der Waals surface area contributed by atoms with E-state index in [9.17, 15) is 9.00 Å². The summed E-state index contributed by atoms with van der Waals surface area (Å²) in [5.74, 6) is 0.896. The molecule has 0 aliphatic heterocycles. The van der Waals surface area contributed by atoms with Crippen molar-refractivity contribution in [2.24, 2.45) is 11.7 Å². The van der Waals surface area contributed by atoms with E-state index >= 15 is 0 Å². The molecule has 5 nitrogen and oxygen atoms in total. The van der Waals surface area contributed by atoms with Crippen LogP contribution in [-0.2, 0) is 26.1 Å². The summed E-state index contributed by atoms with van der Waals surface area (Å²) in [6, 6.07) is 6.86. The largest absolute Gasteiger partial charge is 0.384 e. The Labute approximate surface area is 135 Å². The topological polar surface area (TPSA) is 81.4 Å². The van der Waals surface area contributed by atoms with E-state index in [1.54, 1.807) is 7.11 Å². The first kappa shape index (κ1) is 18.8. The smallest absolute Gasteiger partial charge is 0.241 e. The molecular formula is C16H26N2O3S. The number of nitrogens with two attached hydrogens (primary N) is 1. The number of hydrogen-bond acceptors (Lipinski definition) is 4. The van der Waals surface area contributed by atoms with Crippen LogP contribution < -0.4 is 11.1 Å². The first-order chi connectivity index (χ1) is 10.5. The summed E-state index contributed by atoms with van der Waals surface area (Å²) in [6.07, 6.45) is 0.854. The highest BCUT2D eigenvalue weighted by atomic mass is 32.2. The zero-order valence-corrected chi connectivity index (χ0v) is 14.3. The third-order valence-electron chi connectivity index (χ3n) is 3.60. The van der Waals surface area contributed by atoms with Gasteiger partial charge in [-0.05, 0) is 23.6 Å². The lowest BCUT2D eigenvalue weighted by Gasteiger charge is -2.18. The molecule has 124 valence electrons. The van der Waals surface area contributed by atoms with Crippen LogP contribution in [-0.4, -0.2) is 35.6 Å². The molecule has 3 N–H and O–H groups in total. The van der Waals surface area contributed by atoms with Gasteiger partial charge in [0.25, 0.3) is 0 Å². The second-order valence-electron chi connectivity index (χ2n) is 5.38. The first-order valence-corrected chi connectivity index (χ1v) is 8.96. The van der Waals surface area contributed by atoms with E-state index < -0.39 is 16.8 Å². The van der Waals surface area contributed by atoms with Crippen molar-refractivity contribution in [3.8, 4) is 0 Å². The van der Waals surface area contributed by atoms with E-state index in [1.807, 2.05) is 38.1 Å². The summed E-state index contributed by atoms with van der Waals surface area (Å²) in [6.45, 7) is 4.44. The Hall–Kier alpha value is -1.24. The van der Waals surface area contributed by atoms with Crippen molar-refractivity contribution >= 4 is 22.4 Å². The Morgan fingerprint density at radius 3 is 2.82 bits per heavy atom. The lowest BCUT2D eigenvalue weighted by atomic mass is 9.99. The number of nitrogens with one attached hydrogen (secondary N) is 1. The van der Waals surface area contributed by atoms with Gasteiger partial charge in [-0.2, -0.15) is 0 Å². The maximum Gasteiger partial charge on any atom is 0.241 e. The predicted molar refractivity (Wildman–Crippen MR) is 91.1 cm³/mol. The van der Waals surface area contributed by atoms with Crippen LogP contribution in [0, 0.1) is 5.92 Å². The Balaban J connectivity index is 2.64. The van der Waals surface area contributed by atoms with Crippen LogP contribution in [0.25, 0.3) is 0 Å². The maximum atomic E-state index is 12.1. The number of anilines is 1. The van der Waals surface area contributed by atoms with Gasteiger partial charge >= 0.3 is 0 Å². The zero-order chi connectivity index (χ0) is 16.5. The minimum atomic E-state index is -0.972. The first-order valence-electron chi connectivity index (χ1n) is 7.47. The minimum absolute atomic E-state index is 0.129. The average Bonchev–Trinajstić information content (AvgIpc) is 2.51. The number of rotatable bonds is 9. The summed E-state index contributed by atoms with van der Waals surface area (Å²) in [5.41, 5.74) is 7.52. The van der Waals surface area contributed by atoms with Crippen LogP contribution in [0.15, 0.2) is 24.3 Å². The molecule has 0 aliphatic carbocycles. The van der Waals surface area contributed by atoms with E-state index in [-0.39, 0.29) is 11.8 Å². The molecule has 22 heavy (non-hydrogen) atoms. The van der Waals surface area contributed by atoms with Gasteiger partial charge in [0.2, 0.25) is 5.91 Å². The molecule has 0 bridgehead atoms. The molecule has 1 aromatic rings. The predicted octanol–water partition coefficient (Wildman–Crippen LogP) is 1.89. The molecule has 0 spiro atoms. The van der Waals surface area contributed by atoms with E-state index in [2.05, 4.69) is 5.32 Å². The Morgan fingerprint density at radius 2 is 2.18 bits per heavy atom. The number of carbonyl (C=O) groups is 1. The highest BCUT2D eigenvalue weighted by Crippen LogP contribution is 2.14. The van der Waals surface area contributed by atoms with Gasteiger partial charge in [0, 0.05) is 35.1 Å². The van der Waals surface area contributed by atoms with Gasteiger partial charge in [0.05, 0.1) is 12.6 Å². The molecule has 3 atom stereocenters. The van der Waals surface area contributed by atoms with Crippen molar-refractivity contribution < 1.29 is 13.7 Å². The molecule has 0 aromatic heterocycles. The molecule has 0 aliphatic rings. The normalized spacial score (nSPS) is 15.1. The quantitative estimate of drug-likeness (QED) is 0.726. The molecular weight excluding hydrogens is 300 g/mol. The number of ether oxygens (including phenoxy) is 1. The number of benzene rings is 1. The molecule has 0 saturated carbocycles. The van der Waals surface area contributed by atoms with E-state index in [0.717, 1.165) is 12.0 Å². The van der Waals surface area contributed by atoms with Gasteiger partial charge in [-0.25, -0.2) is 0 Å². The lowest BCUT2D eigenvalue weighted by Crippen LogP contribution is -2.40. The fourth-order valence-corrected chi connectivity index (χ4v) is 2.96. The van der Waals surface area contributed by atoms with Crippen molar-refractivity contribution in [3.63, 3.8) is 0 Å². The fourth-order valence-electron chi connectivity index (χ4n) is 1.91. The van der Waals surface area contributed by atoms with Crippen molar-refractivity contribution in [1.29, 1.82) is 0 Å². The molecule has 0 radical (unpaired) electrons. The zero-order valence-electron chi connectivity index (χ0n) is 13.5. The van der Waals surface area contributed by atoms with Gasteiger partial charge in [0.15, 0.2) is 0 Å². The number of carbonyl (C=O) groups excluding carboxylic acids is 1. The maximum absolute atomic E-state index is 12.1. The third kappa shape index (κ3) is 6.25. The molecule has 0 fully saturated rings. The number of hydrogen-bond donors (Lipinski definition) is 2. The molecule has 1 amide bonds. The Bertz CT molecular complexity index is 508. The molecule has 1 rings (SSSR count). The van der Waals surface area contributed by atoms with Crippen molar-refractivity contribution in [3.05, 3.63) is 29.8 Å².